The molecule has 0 unspecified atom stereocenters. The first-order chi connectivity index (χ1) is 5.61. The van der Waals surface area contributed by atoms with Gasteiger partial charge in [-0.05, 0) is 13.0 Å². The molecule has 0 aliphatic heterocycles. The lowest BCUT2D eigenvalue weighted by Crippen LogP contribution is -2.24. The van der Waals surface area contributed by atoms with Crippen LogP contribution in [-0.2, 0) is 4.79 Å². The van der Waals surface area contributed by atoms with Crippen LogP contribution >= 0.6 is 0 Å². The highest BCUT2D eigenvalue weighted by atomic mass is 16.3. The average molecular weight is 166 g/mol. The van der Waals surface area contributed by atoms with Gasteiger partial charge in [0.15, 0.2) is 0 Å². The molecule has 0 aromatic rings. The Kier molecular flexibility index (Phi) is 4.42. The van der Waals surface area contributed by atoms with E-state index in [1.54, 1.807) is 6.07 Å². The predicted octanol–water partition coefficient (Wildman–Crippen LogP) is 0.0785. The number of hydrogen-bond acceptors (Lipinski definition) is 3. The van der Waals surface area contributed by atoms with Crippen LogP contribution in [0.15, 0.2) is 23.8 Å². The minimum Gasteiger partial charge on any atom is -0.376 e. The average Bonchev–Trinajstić information content (AvgIpc) is 2.04. The van der Waals surface area contributed by atoms with Crippen molar-refractivity contribution in [1.29, 1.82) is 5.26 Å². The van der Waals surface area contributed by atoms with E-state index in [-0.39, 0.29) is 5.57 Å². The zero-order valence-electron chi connectivity index (χ0n) is 6.79. The van der Waals surface area contributed by atoms with Gasteiger partial charge in [-0.15, -0.1) is 0 Å². The molecule has 0 aliphatic rings. The van der Waals surface area contributed by atoms with Crippen LogP contribution in [-0.4, -0.2) is 17.7 Å². The van der Waals surface area contributed by atoms with E-state index in [9.17, 15) is 4.79 Å². The van der Waals surface area contributed by atoms with E-state index in [0.29, 0.717) is 5.57 Å². The van der Waals surface area contributed by atoms with E-state index in [0.717, 1.165) is 0 Å². The number of aliphatic hydroxyl groups is 1. The van der Waals surface area contributed by atoms with Gasteiger partial charge in [-0.3, -0.25) is 4.79 Å². The normalized spacial score (nSPS) is 10.2. The summed E-state index contributed by atoms with van der Waals surface area (Å²) in [5, 5.41) is 18.8. The molecule has 2 N–H and O–H groups in total. The van der Waals surface area contributed by atoms with Crippen molar-refractivity contribution in [2.45, 2.75) is 6.92 Å². The third-order valence-electron chi connectivity index (χ3n) is 1.13. The van der Waals surface area contributed by atoms with Crippen molar-refractivity contribution < 1.29 is 9.90 Å². The third kappa shape index (κ3) is 3.54. The van der Waals surface area contributed by atoms with Crippen LogP contribution in [0, 0.1) is 11.3 Å². The molecular weight excluding hydrogens is 156 g/mol. The van der Waals surface area contributed by atoms with Gasteiger partial charge in [0.25, 0.3) is 0 Å². The van der Waals surface area contributed by atoms with Crippen LogP contribution in [0.2, 0.25) is 0 Å². The molecule has 64 valence electrons. The van der Waals surface area contributed by atoms with Crippen LogP contribution in [0.3, 0.4) is 0 Å². The van der Waals surface area contributed by atoms with Crippen LogP contribution in [0.1, 0.15) is 6.92 Å². The van der Waals surface area contributed by atoms with E-state index < -0.39 is 12.6 Å². The summed E-state index contributed by atoms with van der Waals surface area (Å²) in [5.41, 5.74) is 0.552. The van der Waals surface area contributed by atoms with Crippen molar-refractivity contribution in [2.24, 2.45) is 0 Å². The number of amides is 1. The highest BCUT2D eigenvalue weighted by Crippen LogP contribution is 1.98. The van der Waals surface area contributed by atoms with E-state index in [1.807, 2.05) is 0 Å². The van der Waals surface area contributed by atoms with Crippen molar-refractivity contribution in [2.75, 3.05) is 6.73 Å². The van der Waals surface area contributed by atoms with Gasteiger partial charge >= 0.3 is 0 Å². The Balaban J connectivity index is 4.29. The molecular formula is C8H10N2O2. The number of carbonyl (C=O) groups is 1. The van der Waals surface area contributed by atoms with Gasteiger partial charge in [0.05, 0.1) is 6.07 Å². The summed E-state index contributed by atoms with van der Waals surface area (Å²) in [5.74, 6) is -0.408. The van der Waals surface area contributed by atoms with Crippen molar-refractivity contribution in [3.63, 3.8) is 0 Å². The summed E-state index contributed by atoms with van der Waals surface area (Å²) in [6, 6.07) is 1.78. The molecule has 0 fully saturated rings. The maximum atomic E-state index is 10.9. The molecule has 0 aromatic heterocycles. The molecule has 0 spiro atoms. The molecule has 0 radical (unpaired) electrons. The van der Waals surface area contributed by atoms with E-state index in [2.05, 4.69) is 11.9 Å². The lowest BCUT2D eigenvalue weighted by molar-refractivity contribution is -0.118. The number of nitriles is 1. The first-order valence-corrected chi connectivity index (χ1v) is 3.28. The van der Waals surface area contributed by atoms with Gasteiger partial charge in [0, 0.05) is 11.1 Å². The fourth-order valence-corrected chi connectivity index (χ4v) is 0.570. The summed E-state index contributed by atoms with van der Waals surface area (Å²) >= 11 is 0. The first-order valence-electron chi connectivity index (χ1n) is 3.28. The third-order valence-corrected chi connectivity index (χ3v) is 1.13. The van der Waals surface area contributed by atoms with E-state index in [1.165, 1.54) is 13.0 Å². The molecule has 1 amide bonds. The second-order valence-corrected chi connectivity index (χ2v) is 2.13. The maximum absolute atomic E-state index is 10.9. The van der Waals surface area contributed by atoms with Gasteiger partial charge in [-0.25, -0.2) is 0 Å². The summed E-state index contributed by atoms with van der Waals surface area (Å²) in [4.78, 5) is 10.9. The van der Waals surface area contributed by atoms with Crippen LogP contribution < -0.4 is 5.32 Å². The molecule has 4 nitrogen and oxygen atoms in total. The Bertz CT molecular complexity index is 261. The zero-order valence-corrected chi connectivity index (χ0v) is 6.79. The Morgan fingerprint density at radius 2 is 2.42 bits per heavy atom. The molecule has 12 heavy (non-hydrogen) atoms. The van der Waals surface area contributed by atoms with Gasteiger partial charge in [-0.2, -0.15) is 5.26 Å². The number of carbonyl (C=O) groups excluding carboxylic acids is 1. The highest BCUT2D eigenvalue weighted by molar-refractivity contribution is 5.93. The second-order valence-electron chi connectivity index (χ2n) is 2.13. The highest BCUT2D eigenvalue weighted by Gasteiger charge is 2.01. The van der Waals surface area contributed by atoms with Gasteiger partial charge in [-0.1, -0.05) is 6.58 Å². The van der Waals surface area contributed by atoms with Crippen molar-refractivity contribution >= 4 is 5.91 Å². The summed E-state index contributed by atoms with van der Waals surface area (Å²) < 4.78 is 0. The van der Waals surface area contributed by atoms with Gasteiger partial charge in [0.1, 0.15) is 6.73 Å². The van der Waals surface area contributed by atoms with Crippen molar-refractivity contribution in [1.82, 2.24) is 5.32 Å². The van der Waals surface area contributed by atoms with Gasteiger partial charge in [0.2, 0.25) is 5.91 Å². The van der Waals surface area contributed by atoms with Crippen LogP contribution in [0.25, 0.3) is 0 Å². The topological polar surface area (TPSA) is 73.1 Å². The second kappa shape index (κ2) is 5.10. The number of nitrogens with one attached hydrogen (secondary N) is 1. The smallest absolute Gasteiger partial charge is 0.248 e. The lowest BCUT2D eigenvalue weighted by atomic mass is 10.2. The fourth-order valence-electron chi connectivity index (χ4n) is 0.570. The summed E-state index contributed by atoms with van der Waals surface area (Å²) in [6.07, 6.45) is 1.35. The SMILES string of the molecule is C=C(C#N)/C=C(\C)C(=O)NCO. The largest absolute Gasteiger partial charge is 0.376 e. The fraction of sp³-hybridized carbons (Fsp3) is 0.250. The number of hydrogen-bond donors (Lipinski definition) is 2. The predicted molar refractivity (Wildman–Crippen MR) is 43.7 cm³/mol. The van der Waals surface area contributed by atoms with Crippen molar-refractivity contribution in [3.05, 3.63) is 23.8 Å². The van der Waals surface area contributed by atoms with Crippen LogP contribution in [0.5, 0.6) is 0 Å². The molecule has 0 bridgehead atoms. The molecule has 4 heteroatoms. The first kappa shape index (κ1) is 10.4. The minimum atomic E-state index is -0.414. The maximum Gasteiger partial charge on any atom is 0.248 e. The lowest BCUT2D eigenvalue weighted by Gasteiger charge is -1.99. The number of nitrogens with zero attached hydrogens (tertiary/aromatic N) is 1. The molecule has 0 saturated heterocycles. The van der Waals surface area contributed by atoms with Crippen LogP contribution in [0.4, 0.5) is 0 Å². The quantitative estimate of drug-likeness (QED) is 0.270. The molecule has 0 rings (SSSR count). The minimum absolute atomic E-state index is 0.209. The van der Waals surface area contributed by atoms with Gasteiger partial charge < -0.3 is 10.4 Å². The van der Waals surface area contributed by atoms with E-state index >= 15 is 0 Å². The summed E-state index contributed by atoms with van der Waals surface area (Å²) in [7, 11) is 0. The Hall–Kier alpha value is -1.60. The molecule has 0 aliphatic carbocycles. The zero-order chi connectivity index (χ0) is 9.56. The number of allylic oxidation sites excluding steroid dienone is 2. The molecule has 0 heterocycles. The Morgan fingerprint density at radius 3 is 2.83 bits per heavy atom. The molecule has 0 saturated carbocycles. The Labute approximate surface area is 70.8 Å². The Morgan fingerprint density at radius 1 is 1.83 bits per heavy atom. The monoisotopic (exact) mass is 166 g/mol. The molecule has 0 atom stereocenters. The van der Waals surface area contributed by atoms with Crippen molar-refractivity contribution in [3.8, 4) is 6.07 Å². The van der Waals surface area contributed by atoms with E-state index in [4.69, 9.17) is 10.4 Å². The standard InChI is InChI=1S/C8H10N2O2/c1-6(4-9)3-7(2)8(12)10-5-11/h3,11H,1,5H2,2H3,(H,10,12)/b7-3+. The molecule has 0 aromatic carbocycles. The number of aliphatic hydroxyl groups excluding tert-OH is 1. The summed E-state index contributed by atoms with van der Waals surface area (Å²) in [6.45, 7) is 4.50. The number of rotatable bonds is 3.